The maximum atomic E-state index is 12.6. The molecule has 0 aliphatic carbocycles. The van der Waals surface area contributed by atoms with Gasteiger partial charge in [0.2, 0.25) is 11.8 Å². The van der Waals surface area contributed by atoms with Crippen LogP contribution in [0.4, 0.5) is 0 Å². The summed E-state index contributed by atoms with van der Waals surface area (Å²) in [6, 6.07) is 15.8. The zero-order chi connectivity index (χ0) is 40.6. The van der Waals surface area contributed by atoms with Crippen LogP contribution >= 0.6 is 0 Å². The topological polar surface area (TPSA) is 181 Å². The van der Waals surface area contributed by atoms with Crippen molar-refractivity contribution in [2.75, 3.05) is 0 Å². The summed E-state index contributed by atoms with van der Waals surface area (Å²) < 4.78 is 0. The molecule has 0 unspecified atom stereocenters. The van der Waals surface area contributed by atoms with Gasteiger partial charge in [0.25, 0.3) is 0 Å². The van der Waals surface area contributed by atoms with Gasteiger partial charge in [-0.05, 0) is 82.1 Å². The average molecular weight is 742 g/mol. The Morgan fingerprint density at radius 2 is 1.11 bits per heavy atom. The highest BCUT2D eigenvalue weighted by Crippen LogP contribution is 2.30. The highest BCUT2D eigenvalue weighted by atomic mass is 16.2. The number of hydrogen-bond donors (Lipinski definition) is 5. The molecule has 2 amide bonds. The van der Waals surface area contributed by atoms with Crippen LogP contribution in [0.3, 0.4) is 0 Å². The third-order valence-corrected chi connectivity index (χ3v) is 10.2. The number of Topliss-reactive ketones (excluding diaryl/α,β-unsaturated/α-hetero) is 3. The molecule has 10 heteroatoms. The highest BCUT2D eigenvalue weighted by molar-refractivity contribution is 6.06. The first-order valence-electron chi connectivity index (χ1n) is 19.0. The highest BCUT2D eigenvalue weighted by Gasteiger charge is 2.37. The lowest BCUT2D eigenvalue weighted by molar-refractivity contribution is -0.140. The number of rotatable bonds is 16. The standard InChI is InChI=1S/C22H31N3O3.C22H32N2O2/c1-21(2,3)20(28)25-15(10-11-18(26)22(4,5)19(23)27)12-14-13-24-17-9-7-6-8-16(14)17;1-21(2,3)13-20(26)22(4,5)19(25)11-10-16(23)12-15-14-24-18-9-7-6-8-17(15)18/h6-9,13,15,24H,10-12H2,1-5H3,(H2,23,27)(H,25,28);6-9,14,16,24H,10-13,23H2,1-5H3/t15-;16-/m00/s1. The Morgan fingerprint density at radius 3 is 1.59 bits per heavy atom. The summed E-state index contributed by atoms with van der Waals surface area (Å²) in [5, 5.41) is 5.35. The number of nitrogens with one attached hydrogen (secondary N) is 3. The molecule has 0 saturated heterocycles. The minimum absolute atomic E-state index is 0.0128. The van der Waals surface area contributed by atoms with Gasteiger partial charge in [-0.1, -0.05) is 77.9 Å². The van der Waals surface area contributed by atoms with E-state index in [-0.39, 0.29) is 47.2 Å². The molecule has 4 aromatic rings. The normalized spacial score (nSPS) is 13.5. The van der Waals surface area contributed by atoms with E-state index in [9.17, 15) is 24.0 Å². The van der Waals surface area contributed by atoms with Crippen LogP contribution in [-0.2, 0) is 36.8 Å². The number of benzene rings is 2. The van der Waals surface area contributed by atoms with Crippen molar-refractivity contribution in [1.82, 2.24) is 15.3 Å². The fourth-order valence-electron chi connectivity index (χ4n) is 6.12. The van der Waals surface area contributed by atoms with Crippen LogP contribution in [0, 0.1) is 21.7 Å². The smallest absolute Gasteiger partial charge is 0.230 e. The SMILES string of the molecule is CC(C)(C)C(=O)N[C@@H](CCC(=O)C(C)(C)C(N)=O)Cc1c[nH]c2ccccc12.CC(C)(C)CC(=O)C(C)(C)C(=O)CC[C@H](N)Cc1c[nH]c2ccccc12. The number of aromatic nitrogens is 2. The summed E-state index contributed by atoms with van der Waals surface area (Å²) in [6.07, 6.45) is 7.19. The molecule has 2 heterocycles. The lowest BCUT2D eigenvalue weighted by atomic mass is 9.75. The third kappa shape index (κ3) is 12.0. The number of carbonyl (C=O) groups excluding carboxylic acids is 5. The number of aromatic amines is 2. The van der Waals surface area contributed by atoms with E-state index in [4.69, 9.17) is 11.5 Å². The number of fused-ring (bicyclic) bond motifs is 2. The van der Waals surface area contributed by atoms with Crippen molar-refractivity contribution < 1.29 is 24.0 Å². The number of para-hydroxylation sites is 2. The molecule has 4 rings (SSSR count). The Bertz CT molecular complexity index is 1940. The summed E-state index contributed by atoms with van der Waals surface area (Å²) in [5.41, 5.74) is 13.2. The van der Waals surface area contributed by atoms with E-state index in [0.29, 0.717) is 38.5 Å². The Kier molecular flexibility index (Phi) is 14.4. The van der Waals surface area contributed by atoms with Gasteiger partial charge in [0.1, 0.15) is 22.8 Å². The van der Waals surface area contributed by atoms with E-state index in [1.54, 1.807) is 27.7 Å². The molecule has 0 bridgehead atoms. The van der Waals surface area contributed by atoms with E-state index in [2.05, 4.69) is 21.4 Å². The van der Waals surface area contributed by atoms with Crippen molar-refractivity contribution in [2.45, 2.75) is 126 Å². The number of H-pyrrole nitrogens is 2. The van der Waals surface area contributed by atoms with Gasteiger partial charge in [-0.25, -0.2) is 0 Å². The van der Waals surface area contributed by atoms with Gasteiger partial charge in [0.05, 0.1) is 5.41 Å². The second kappa shape index (κ2) is 17.7. The molecule has 54 heavy (non-hydrogen) atoms. The minimum atomic E-state index is -1.21. The van der Waals surface area contributed by atoms with Crippen LogP contribution in [0.5, 0.6) is 0 Å². The first-order valence-corrected chi connectivity index (χ1v) is 19.0. The molecule has 0 aliphatic rings. The summed E-state index contributed by atoms with van der Waals surface area (Å²) in [6.45, 7) is 18.2. The average Bonchev–Trinajstić information content (AvgIpc) is 3.68. The Hall–Kier alpha value is -4.57. The Labute approximate surface area is 321 Å². The molecule has 294 valence electrons. The van der Waals surface area contributed by atoms with Crippen LogP contribution in [-0.4, -0.2) is 51.2 Å². The summed E-state index contributed by atoms with van der Waals surface area (Å²) in [7, 11) is 0. The molecule has 2 atom stereocenters. The van der Waals surface area contributed by atoms with Gasteiger partial charge in [-0.3, -0.25) is 24.0 Å². The fraction of sp³-hybridized carbons (Fsp3) is 0.523. The molecule has 0 aliphatic heterocycles. The van der Waals surface area contributed by atoms with Crippen LogP contribution in [0.15, 0.2) is 60.9 Å². The number of primary amides is 1. The number of hydrogen-bond acceptors (Lipinski definition) is 6. The van der Waals surface area contributed by atoms with E-state index in [1.165, 1.54) is 10.9 Å². The predicted octanol–water partition coefficient (Wildman–Crippen LogP) is 7.52. The van der Waals surface area contributed by atoms with Crippen molar-refractivity contribution in [3.63, 3.8) is 0 Å². The molecule has 10 nitrogen and oxygen atoms in total. The third-order valence-electron chi connectivity index (χ3n) is 10.2. The van der Waals surface area contributed by atoms with Crippen molar-refractivity contribution in [2.24, 2.45) is 33.1 Å². The Balaban J connectivity index is 0.000000291. The quantitative estimate of drug-likeness (QED) is 0.0741. The minimum Gasteiger partial charge on any atom is -0.369 e. The van der Waals surface area contributed by atoms with Crippen molar-refractivity contribution >= 4 is 51.0 Å². The number of nitrogens with two attached hydrogens (primary N) is 2. The molecule has 0 fully saturated rings. The van der Waals surface area contributed by atoms with E-state index in [0.717, 1.165) is 22.0 Å². The zero-order valence-electron chi connectivity index (χ0n) is 34.1. The van der Waals surface area contributed by atoms with E-state index in [1.807, 2.05) is 96.4 Å². The van der Waals surface area contributed by atoms with Gasteiger partial charge in [0, 0.05) is 71.0 Å². The van der Waals surface area contributed by atoms with Gasteiger partial charge < -0.3 is 26.8 Å². The lowest BCUT2D eigenvalue weighted by Gasteiger charge is -2.26. The molecule has 7 N–H and O–H groups in total. The summed E-state index contributed by atoms with van der Waals surface area (Å²) in [5.74, 6) is -0.918. The van der Waals surface area contributed by atoms with Gasteiger partial charge >= 0.3 is 0 Å². The first kappa shape index (κ1) is 43.8. The molecular formula is C44H63N5O5. The fourth-order valence-corrected chi connectivity index (χ4v) is 6.12. The maximum Gasteiger partial charge on any atom is 0.230 e. The Morgan fingerprint density at radius 1 is 0.648 bits per heavy atom. The second-order valence-electron chi connectivity index (χ2n) is 18.0. The van der Waals surface area contributed by atoms with Crippen LogP contribution in [0.25, 0.3) is 21.8 Å². The molecule has 2 aromatic carbocycles. The lowest BCUT2D eigenvalue weighted by Crippen LogP contribution is -2.44. The zero-order valence-corrected chi connectivity index (χ0v) is 34.1. The second-order valence-corrected chi connectivity index (χ2v) is 18.0. The monoisotopic (exact) mass is 741 g/mol. The van der Waals surface area contributed by atoms with Gasteiger partial charge in [0.15, 0.2) is 0 Å². The van der Waals surface area contributed by atoms with Crippen molar-refractivity contribution in [3.8, 4) is 0 Å². The van der Waals surface area contributed by atoms with Crippen molar-refractivity contribution in [1.29, 1.82) is 0 Å². The van der Waals surface area contributed by atoms with Gasteiger partial charge in [-0.15, -0.1) is 0 Å². The number of carbonyl (C=O) groups is 5. The summed E-state index contributed by atoms with van der Waals surface area (Å²) in [4.78, 5) is 68.2. The van der Waals surface area contributed by atoms with E-state index < -0.39 is 22.2 Å². The maximum absolute atomic E-state index is 12.6. The molecular weight excluding hydrogens is 679 g/mol. The molecule has 0 radical (unpaired) electrons. The number of amides is 2. The van der Waals surface area contributed by atoms with Crippen LogP contribution in [0.2, 0.25) is 0 Å². The van der Waals surface area contributed by atoms with Crippen LogP contribution < -0.4 is 16.8 Å². The molecule has 2 aromatic heterocycles. The van der Waals surface area contributed by atoms with E-state index >= 15 is 0 Å². The number of ketones is 3. The van der Waals surface area contributed by atoms with Crippen LogP contribution in [0.1, 0.15) is 112 Å². The predicted molar refractivity (Wildman–Crippen MR) is 218 cm³/mol. The summed E-state index contributed by atoms with van der Waals surface area (Å²) >= 11 is 0. The molecule has 0 spiro atoms. The van der Waals surface area contributed by atoms with Crippen molar-refractivity contribution in [3.05, 3.63) is 72.1 Å². The first-order chi connectivity index (χ1) is 24.9. The molecule has 0 saturated carbocycles. The largest absolute Gasteiger partial charge is 0.369 e. The van der Waals surface area contributed by atoms with Gasteiger partial charge in [-0.2, -0.15) is 0 Å².